The van der Waals surface area contributed by atoms with E-state index in [4.69, 9.17) is 0 Å². The van der Waals surface area contributed by atoms with E-state index in [0.717, 1.165) is 6.04 Å². The van der Waals surface area contributed by atoms with Crippen LogP contribution in [-0.4, -0.2) is 36.1 Å². The van der Waals surface area contributed by atoms with Gasteiger partial charge in [-0.1, -0.05) is 26.7 Å². The van der Waals surface area contributed by atoms with Crippen molar-refractivity contribution in [1.29, 1.82) is 0 Å². The summed E-state index contributed by atoms with van der Waals surface area (Å²) in [4.78, 5) is 2.77. The normalized spacial score (nSPS) is 26.4. The Bertz CT molecular complexity index is 205. The molecule has 94 valence electrons. The molecule has 1 spiro atoms. The van der Waals surface area contributed by atoms with Gasteiger partial charge in [-0.05, 0) is 45.2 Å². The van der Waals surface area contributed by atoms with E-state index in [9.17, 15) is 0 Å². The molecule has 0 unspecified atom stereocenters. The molecule has 0 aromatic rings. The number of nitrogens with zero attached hydrogens (tertiary/aromatic N) is 1. The van der Waals surface area contributed by atoms with Gasteiger partial charge in [0.1, 0.15) is 0 Å². The molecule has 2 aliphatic rings. The van der Waals surface area contributed by atoms with Crippen molar-refractivity contribution in [3.8, 4) is 0 Å². The lowest BCUT2D eigenvalue weighted by atomic mass is 9.96. The van der Waals surface area contributed by atoms with Crippen molar-refractivity contribution in [2.45, 2.75) is 70.4 Å². The van der Waals surface area contributed by atoms with Crippen molar-refractivity contribution in [3.63, 3.8) is 0 Å². The largest absolute Gasteiger partial charge is 0.310 e. The first kappa shape index (κ1) is 12.4. The molecule has 0 atom stereocenters. The van der Waals surface area contributed by atoms with Gasteiger partial charge in [-0.25, -0.2) is 0 Å². The van der Waals surface area contributed by atoms with E-state index in [0.29, 0.717) is 5.54 Å². The third-order valence-corrected chi connectivity index (χ3v) is 4.65. The molecule has 0 radical (unpaired) electrons. The van der Waals surface area contributed by atoms with Crippen LogP contribution in [0.5, 0.6) is 0 Å². The second-order valence-corrected chi connectivity index (χ2v) is 5.71. The van der Waals surface area contributed by atoms with Crippen LogP contribution in [0, 0.1) is 0 Å². The average Bonchev–Trinajstić information content (AvgIpc) is 2.63. The van der Waals surface area contributed by atoms with Gasteiger partial charge >= 0.3 is 0 Å². The van der Waals surface area contributed by atoms with Gasteiger partial charge in [-0.15, -0.1) is 0 Å². The Kier molecular flexibility index (Phi) is 4.26. The van der Waals surface area contributed by atoms with Gasteiger partial charge in [-0.2, -0.15) is 0 Å². The van der Waals surface area contributed by atoms with E-state index >= 15 is 0 Å². The standard InChI is InChI=1S/C14H28N2/c1-3-13(4-2)16-11-7-10-15-14(12-16)8-5-6-9-14/h13,15H,3-12H2,1-2H3. The van der Waals surface area contributed by atoms with Gasteiger partial charge in [-0.3, -0.25) is 4.90 Å². The van der Waals surface area contributed by atoms with Gasteiger partial charge in [0.05, 0.1) is 0 Å². The number of rotatable bonds is 3. The molecule has 1 aliphatic heterocycles. The zero-order chi connectivity index (χ0) is 11.4. The quantitative estimate of drug-likeness (QED) is 0.793. The summed E-state index contributed by atoms with van der Waals surface area (Å²) in [6, 6.07) is 0.817. The second kappa shape index (κ2) is 5.50. The summed E-state index contributed by atoms with van der Waals surface area (Å²) in [7, 11) is 0. The Morgan fingerprint density at radius 3 is 2.44 bits per heavy atom. The molecule has 0 aromatic heterocycles. The van der Waals surface area contributed by atoms with Gasteiger partial charge in [0, 0.05) is 18.1 Å². The summed E-state index contributed by atoms with van der Waals surface area (Å²) in [6.45, 7) is 8.53. The Balaban J connectivity index is 2.02. The predicted octanol–water partition coefficient (Wildman–Crippen LogP) is 2.78. The van der Waals surface area contributed by atoms with Gasteiger partial charge in [0.25, 0.3) is 0 Å². The van der Waals surface area contributed by atoms with Crippen LogP contribution >= 0.6 is 0 Å². The molecule has 0 aromatic carbocycles. The van der Waals surface area contributed by atoms with Crippen LogP contribution in [0.15, 0.2) is 0 Å². The Labute approximate surface area is 101 Å². The first-order valence-electron chi connectivity index (χ1n) is 7.29. The third-order valence-electron chi connectivity index (χ3n) is 4.65. The van der Waals surface area contributed by atoms with Gasteiger partial charge in [0.15, 0.2) is 0 Å². The van der Waals surface area contributed by atoms with Crippen molar-refractivity contribution >= 4 is 0 Å². The van der Waals surface area contributed by atoms with Crippen LogP contribution < -0.4 is 5.32 Å². The third kappa shape index (κ3) is 2.60. The Hall–Kier alpha value is -0.0800. The first-order chi connectivity index (χ1) is 7.79. The van der Waals surface area contributed by atoms with Crippen LogP contribution in [0.25, 0.3) is 0 Å². The smallest absolute Gasteiger partial charge is 0.0308 e. The molecular weight excluding hydrogens is 196 g/mol. The minimum atomic E-state index is 0.485. The first-order valence-corrected chi connectivity index (χ1v) is 7.29. The van der Waals surface area contributed by atoms with Crippen molar-refractivity contribution in [3.05, 3.63) is 0 Å². The van der Waals surface area contributed by atoms with Crippen molar-refractivity contribution in [1.82, 2.24) is 10.2 Å². The monoisotopic (exact) mass is 224 g/mol. The second-order valence-electron chi connectivity index (χ2n) is 5.71. The highest BCUT2D eigenvalue weighted by atomic mass is 15.2. The van der Waals surface area contributed by atoms with E-state index in [1.54, 1.807) is 0 Å². The van der Waals surface area contributed by atoms with E-state index in [-0.39, 0.29) is 0 Å². The summed E-state index contributed by atoms with van der Waals surface area (Å²) in [5.41, 5.74) is 0.485. The highest BCUT2D eigenvalue weighted by molar-refractivity contribution is 4.97. The SMILES string of the molecule is CCC(CC)N1CCCNC2(CCCC2)C1. The zero-order valence-electron chi connectivity index (χ0n) is 11.1. The van der Waals surface area contributed by atoms with Crippen LogP contribution in [-0.2, 0) is 0 Å². The summed E-state index contributed by atoms with van der Waals surface area (Å²) in [6.07, 6.45) is 9.64. The molecule has 2 heteroatoms. The maximum atomic E-state index is 3.85. The van der Waals surface area contributed by atoms with E-state index in [1.807, 2.05) is 0 Å². The van der Waals surface area contributed by atoms with Crippen LogP contribution in [0.2, 0.25) is 0 Å². The van der Waals surface area contributed by atoms with Gasteiger partial charge in [0.2, 0.25) is 0 Å². The predicted molar refractivity (Wildman–Crippen MR) is 69.8 cm³/mol. The Morgan fingerprint density at radius 1 is 1.12 bits per heavy atom. The molecule has 1 aliphatic carbocycles. The Morgan fingerprint density at radius 2 is 1.81 bits per heavy atom. The minimum Gasteiger partial charge on any atom is -0.310 e. The van der Waals surface area contributed by atoms with Crippen LogP contribution in [0.4, 0.5) is 0 Å². The number of hydrogen-bond donors (Lipinski definition) is 1. The lowest BCUT2D eigenvalue weighted by Crippen LogP contribution is -2.51. The molecular formula is C14H28N2. The topological polar surface area (TPSA) is 15.3 Å². The summed E-state index contributed by atoms with van der Waals surface area (Å²) < 4.78 is 0. The summed E-state index contributed by atoms with van der Waals surface area (Å²) in [5.74, 6) is 0. The fraction of sp³-hybridized carbons (Fsp3) is 1.00. The van der Waals surface area contributed by atoms with Crippen LogP contribution in [0.3, 0.4) is 0 Å². The van der Waals surface area contributed by atoms with E-state index in [2.05, 4.69) is 24.1 Å². The number of hydrogen-bond acceptors (Lipinski definition) is 2. The lowest BCUT2D eigenvalue weighted by Gasteiger charge is -2.37. The fourth-order valence-corrected chi connectivity index (χ4v) is 3.66. The molecule has 1 saturated heterocycles. The molecule has 2 rings (SSSR count). The molecule has 2 nitrogen and oxygen atoms in total. The van der Waals surface area contributed by atoms with Crippen molar-refractivity contribution in [2.24, 2.45) is 0 Å². The highest BCUT2D eigenvalue weighted by Gasteiger charge is 2.37. The van der Waals surface area contributed by atoms with E-state index in [1.165, 1.54) is 64.6 Å². The summed E-state index contributed by atoms with van der Waals surface area (Å²) in [5, 5.41) is 3.85. The van der Waals surface area contributed by atoms with Gasteiger partial charge < -0.3 is 5.32 Å². The zero-order valence-corrected chi connectivity index (χ0v) is 11.1. The molecule has 16 heavy (non-hydrogen) atoms. The molecule has 1 heterocycles. The fourth-order valence-electron chi connectivity index (χ4n) is 3.66. The van der Waals surface area contributed by atoms with Crippen molar-refractivity contribution < 1.29 is 0 Å². The maximum absolute atomic E-state index is 3.85. The molecule has 2 fully saturated rings. The highest BCUT2D eigenvalue weighted by Crippen LogP contribution is 2.32. The molecule has 1 saturated carbocycles. The maximum Gasteiger partial charge on any atom is 0.0308 e. The molecule has 0 amide bonds. The molecule has 1 N–H and O–H groups in total. The minimum absolute atomic E-state index is 0.485. The molecule has 0 bridgehead atoms. The number of nitrogens with one attached hydrogen (secondary N) is 1. The lowest BCUT2D eigenvalue weighted by molar-refractivity contribution is 0.148. The summed E-state index contributed by atoms with van der Waals surface area (Å²) >= 11 is 0. The van der Waals surface area contributed by atoms with Crippen LogP contribution in [0.1, 0.15) is 58.8 Å². The van der Waals surface area contributed by atoms with Crippen molar-refractivity contribution in [2.75, 3.05) is 19.6 Å². The average molecular weight is 224 g/mol. The van der Waals surface area contributed by atoms with E-state index < -0.39 is 0 Å².